The summed E-state index contributed by atoms with van der Waals surface area (Å²) in [5.74, 6) is -1.12. The lowest BCUT2D eigenvalue weighted by molar-refractivity contribution is 0.103. The molecule has 0 bridgehead atoms. The number of allylic oxidation sites excluding steroid dienone is 1. The number of benzene rings is 2. The van der Waals surface area contributed by atoms with E-state index in [1.807, 2.05) is 0 Å². The first-order valence-electron chi connectivity index (χ1n) is 6.42. The summed E-state index contributed by atoms with van der Waals surface area (Å²) in [6.07, 6.45) is 1.20. The molecular formula is C17H9BrFN3O. The lowest BCUT2D eigenvalue weighted by Crippen LogP contribution is -2.07. The second-order valence-electron chi connectivity index (χ2n) is 4.42. The number of nitrogens with zero attached hydrogens (tertiary/aromatic N) is 2. The Kier molecular flexibility index (Phi) is 5.24. The van der Waals surface area contributed by atoms with Gasteiger partial charge < -0.3 is 5.32 Å². The molecule has 0 aliphatic heterocycles. The van der Waals surface area contributed by atoms with Gasteiger partial charge in [-0.1, -0.05) is 28.1 Å². The van der Waals surface area contributed by atoms with Crippen LogP contribution < -0.4 is 5.32 Å². The Morgan fingerprint density at radius 3 is 2.48 bits per heavy atom. The quantitative estimate of drug-likeness (QED) is 0.648. The van der Waals surface area contributed by atoms with Gasteiger partial charge in [-0.3, -0.25) is 4.79 Å². The number of rotatable bonds is 4. The molecule has 0 radical (unpaired) electrons. The molecule has 6 heteroatoms. The summed E-state index contributed by atoms with van der Waals surface area (Å²) in [6.45, 7) is 0. The number of nitrogens with one attached hydrogen (secondary N) is 1. The van der Waals surface area contributed by atoms with Crippen LogP contribution in [-0.4, -0.2) is 5.78 Å². The first-order chi connectivity index (χ1) is 11.1. The van der Waals surface area contributed by atoms with Crippen molar-refractivity contribution in [3.05, 3.63) is 75.7 Å². The van der Waals surface area contributed by atoms with Gasteiger partial charge in [-0.25, -0.2) is 4.39 Å². The molecule has 2 aromatic rings. The number of carbonyl (C=O) groups is 1. The molecule has 2 aromatic carbocycles. The predicted molar refractivity (Wildman–Crippen MR) is 86.9 cm³/mol. The lowest BCUT2D eigenvalue weighted by atomic mass is 10.0. The van der Waals surface area contributed by atoms with Crippen molar-refractivity contribution >= 4 is 27.4 Å². The van der Waals surface area contributed by atoms with Crippen molar-refractivity contribution < 1.29 is 9.18 Å². The van der Waals surface area contributed by atoms with Gasteiger partial charge in [0.15, 0.2) is 5.78 Å². The van der Waals surface area contributed by atoms with Crippen LogP contribution in [0.1, 0.15) is 15.9 Å². The maximum atomic E-state index is 13.8. The van der Waals surface area contributed by atoms with Gasteiger partial charge in [-0.05, 0) is 30.3 Å². The zero-order valence-corrected chi connectivity index (χ0v) is 13.3. The average molecular weight is 370 g/mol. The minimum Gasteiger partial charge on any atom is -0.359 e. The third kappa shape index (κ3) is 3.82. The van der Waals surface area contributed by atoms with E-state index < -0.39 is 11.6 Å². The van der Waals surface area contributed by atoms with Crippen molar-refractivity contribution in [1.82, 2.24) is 0 Å². The van der Waals surface area contributed by atoms with E-state index in [0.717, 1.165) is 0 Å². The second-order valence-corrected chi connectivity index (χ2v) is 5.34. The Balaban J connectivity index is 2.47. The highest BCUT2D eigenvalue weighted by Crippen LogP contribution is 2.25. The highest BCUT2D eigenvalue weighted by molar-refractivity contribution is 9.10. The fourth-order valence-electron chi connectivity index (χ4n) is 1.86. The number of ketones is 1. The monoisotopic (exact) mass is 369 g/mol. The Labute approximate surface area is 140 Å². The van der Waals surface area contributed by atoms with E-state index >= 15 is 0 Å². The van der Waals surface area contributed by atoms with Crippen molar-refractivity contribution in [3.8, 4) is 12.1 Å². The molecule has 0 saturated carbocycles. The molecule has 0 unspecified atom stereocenters. The normalized spacial score (nSPS) is 9.39. The summed E-state index contributed by atoms with van der Waals surface area (Å²) in [7, 11) is 0. The van der Waals surface area contributed by atoms with E-state index in [2.05, 4.69) is 21.2 Å². The molecule has 0 amide bonds. The molecule has 23 heavy (non-hydrogen) atoms. The van der Waals surface area contributed by atoms with Crippen molar-refractivity contribution in [2.24, 2.45) is 0 Å². The molecule has 1 N–H and O–H groups in total. The Morgan fingerprint density at radius 2 is 1.83 bits per heavy atom. The number of hydrogen-bond donors (Lipinski definition) is 1. The molecule has 0 atom stereocenters. The SMILES string of the molecule is N#CC(C#N)=CNc1ccc(Br)cc1C(=O)c1ccccc1F. The van der Waals surface area contributed by atoms with Crippen LogP contribution in [0, 0.1) is 28.5 Å². The third-order valence-corrected chi connectivity index (χ3v) is 3.45. The molecule has 0 heterocycles. The van der Waals surface area contributed by atoms with Gasteiger partial charge in [0.1, 0.15) is 23.5 Å². The minimum atomic E-state index is -0.617. The maximum Gasteiger partial charge on any atom is 0.198 e. The van der Waals surface area contributed by atoms with Crippen molar-refractivity contribution in [2.45, 2.75) is 0 Å². The van der Waals surface area contributed by atoms with Crippen molar-refractivity contribution in [3.63, 3.8) is 0 Å². The molecule has 0 aromatic heterocycles. The Bertz CT molecular complexity index is 862. The van der Waals surface area contributed by atoms with Crippen LogP contribution in [0.15, 0.2) is 58.7 Å². The van der Waals surface area contributed by atoms with E-state index in [9.17, 15) is 9.18 Å². The highest BCUT2D eigenvalue weighted by atomic mass is 79.9. The van der Waals surface area contributed by atoms with E-state index in [0.29, 0.717) is 10.2 Å². The van der Waals surface area contributed by atoms with Crippen LogP contribution >= 0.6 is 15.9 Å². The van der Waals surface area contributed by atoms with Crippen LogP contribution in [0.5, 0.6) is 0 Å². The van der Waals surface area contributed by atoms with E-state index in [1.165, 1.54) is 24.4 Å². The minimum absolute atomic E-state index is 0.0570. The van der Waals surface area contributed by atoms with Crippen LogP contribution in [-0.2, 0) is 0 Å². The zero-order chi connectivity index (χ0) is 16.8. The molecule has 4 nitrogen and oxygen atoms in total. The standard InChI is InChI=1S/C17H9BrFN3O/c18-12-5-6-16(22-10-11(8-20)9-21)14(7-12)17(23)13-3-1-2-4-15(13)19/h1-7,10,22H. The van der Waals surface area contributed by atoms with E-state index in [4.69, 9.17) is 10.5 Å². The van der Waals surface area contributed by atoms with Gasteiger partial charge in [0.05, 0.1) is 5.56 Å². The number of hydrogen-bond acceptors (Lipinski definition) is 4. The van der Waals surface area contributed by atoms with Crippen LogP contribution in [0.4, 0.5) is 10.1 Å². The highest BCUT2D eigenvalue weighted by Gasteiger charge is 2.17. The van der Waals surface area contributed by atoms with Crippen LogP contribution in [0.25, 0.3) is 0 Å². The lowest BCUT2D eigenvalue weighted by Gasteiger charge is -2.10. The van der Waals surface area contributed by atoms with Crippen molar-refractivity contribution in [1.29, 1.82) is 10.5 Å². The Hall–Kier alpha value is -2.96. The molecule has 0 saturated heterocycles. The van der Waals surface area contributed by atoms with Crippen LogP contribution in [0.2, 0.25) is 0 Å². The average Bonchev–Trinajstić information content (AvgIpc) is 2.56. The first kappa shape index (κ1) is 16.4. The predicted octanol–water partition coefficient (Wildman–Crippen LogP) is 4.16. The fourth-order valence-corrected chi connectivity index (χ4v) is 2.22. The molecule has 0 aliphatic rings. The van der Waals surface area contributed by atoms with Gasteiger partial charge in [-0.2, -0.15) is 10.5 Å². The summed E-state index contributed by atoms with van der Waals surface area (Å²) in [5.41, 5.74) is 0.385. The molecule has 0 spiro atoms. The van der Waals surface area contributed by atoms with Gasteiger partial charge in [0.2, 0.25) is 0 Å². The maximum absolute atomic E-state index is 13.8. The van der Waals surface area contributed by atoms with Gasteiger partial charge in [0.25, 0.3) is 0 Å². The van der Waals surface area contributed by atoms with E-state index in [1.54, 1.807) is 36.4 Å². The molecule has 2 rings (SSSR count). The van der Waals surface area contributed by atoms with Crippen LogP contribution in [0.3, 0.4) is 0 Å². The number of carbonyl (C=O) groups excluding carboxylic acids is 1. The van der Waals surface area contributed by atoms with E-state index in [-0.39, 0.29) is 16.7 Å². The molecular weight excluding hydrogens is 361 g/mol. The van der Waals surface area contributed by atoms with Gasteiger partial charge in [-0.15, -0.1) is 0 Å². The number of anilines is 1. The van der Waals surface area contributed by atoms with Gasteiger partial charge >= 0.3 is 0 Å². The smallest absolute Gasteiger partial charge is 0.198 e. The summed E-state index contributed by atoms with van der Waals surface area (Å²) in [4.78, 5) is 12.6. The summed E-state index contributed by atoms with van der Waals surface area (Å²) >= 11 is 3.27. The fraction of sp³-hybridized carbons (Fsp3) is 0. The summed E-state index contributed by atoms with van der Waals surface area (Å²) in [5, 5.41) is 20.2. The molecule has 0 fully saturated rings. The number of nitriles is 2. The Morgan fingerprint density at radius 1 is 1.13 bits per heavy atom. The topological polar surface area (TPSA) is 76.7 Å². The molecule has 0 aliphatic carbocycles. The second kappa shape index (κ2) is 7.35. The first-order valence-corrected chi connectivity index (χ1v) is 7.22. The largest absolute Gasteiger partial charge is 0.359 e. The van der Waals surface area contributed by atoms with Gasteiger partial charge in [0, 0.05) is 21.9 Å². The third-order valence-electron chi connectivity index (χ3n) is 2.96. The molecule has 112 valence electrons. The summed E-state index contributed by atoms with van der Waals surface area (Å²) in [6, 6.07) is 13.9. The van der Waals surface area contributed by atoms with Crippen molar-refractivity contribution in [2.75, 3.05) is 5.32 Å². The number of halogens is 2. The summed E-state index contributed by atoms with van der Waals surface area (Å²) < 4.78 is 14.5. The zero-order valence-electron chi connectivity index (χ0n) is 11.7.